The molecule has 0 atom stereocenters. The van der Waals surface area contributed by atoms with Gasteiger partial charge in [0, 0.05) is 5.02 Å². The van der Waals surface area contributed by atoms with Crippen LogP contribution in [-0.4, -0.2) is 32.4 Å². The predicted molar refractivity (Wildman–Crippen MR) is 106 cm³/mol. The van der Waals surface area contributed by atoms with Gasteiger partial charge in [-0.2, -0.15) is 5.10 Å². The predicted octanol–water partition coefficient (Wildman–Crippen LogP) is 4.10. The van der Waals surface area contributed by atoms with Crippen LogP contribution in [-0.2, 0) is 4.79 Å². The Labute approximate surface area is 167 Å². The van der Waals surface area contributed by atoms with Crippen LogP contribution in [0.2, 0.25) is 10.0 Å². The fourth-order valence-corrected chi connectivity index (χ4v) is 2.44. The molecule has 2 aromatic carbocycles. The molecule has 2 rings (SSSR count). The van der Waals surface area contributed by atoms with E-state index in [0.29, 0.717) is 33.9 Å². The van der Waals surface area contributed by atoms with Gasteiger partial charge in [-0.25, -0.2) is 5.43 Å². The Bertz CT molecular complexity index is 840. The van der Waals surface area contributed by atoms with Crippen molar-refractivity contribution in [2.75, 3.05) is 20.3 Å². The van der Waals surface area contributed by atoms with Crippen molar-refractivity contribution in [3.63, 3.8) is 0 Å². The average Bonchev–Trinajstić information content (AvgIpc) is 2.66. The molecular formula is C19H18Cl2N2O4. The highest BCUT2D eigenvalue weighted by Crippen LogP contribution is 2.28. The van der Waals surface area contributed by atoms with Gasteiger partial charge >= 0.3 is 0 Å². The van der Waals surface area contributed by atoms with Crippen LogP contribution in [0.4, 0.5) is 0 Å². The van der Waals surface area contributed by atoms with Gasteiger partial charge < -0.3 is 14.2 Å². The number of nitrogens with zero attached hydrogens (tertiary/aromatic N) is 1. The minimum atomic E-state index is -0.435. The molecule has 27 heavy (non-hydrogen) atoms. The van der Waals surface area contributed by atoms with Crippen molar-refractivity contribution in [2.24, 2.45) is 5.10 Å². The standard InChI is InChI=1S/C19H18Cl2N2O4/c1-3-8-26-17-6-4-13(9-18(17)25-2)11-22-23-19(24)12-27-16-7-5-14(20)10-15(16)21/h3-7,9-11H,1,8,12H2,2H3,(H,23,24)/b22-11-. The second-order valence-electron chi connectivity index (χ2n) is 5.17. The van der Waals surface area contributed by atoms with Gasteiger partial charge in [-0.05, 0) is 42.0 Å². The van der Waals surface area contributed by atoms with Crippen molar-refractivity contribution in [3.8, 4) is 17.2 Å². The van der Waals surface area contributed by atoms with E-state index in [1.54, 1.807) is 36.4 Å². The first-order valence-electron chi connectivity index (χ1n) is 7.85. The molecule has 8 heteroatoms. The van der Waals surface area contributed by atoms with E-state index in [2.05, 4.69) is 17.1 Å². The van der Waals surface area contributed by atoms with E-state index in [4.69, 9.17) is 37.4 Å². The van der Waals surface area contributed by atoms with Gasteiger partial charge in [0.15, 0.2) is 18.1 Å². The second-order valence-corrected chi connectivity index (χ2v) is 6.01. The number of benzene rings is 2. The van der Waals surface area contributed by atoms with Crippen LogP contribution >= 0.6 is 23.2 Å². The zero-order chi connectivity index (χ0) is 19.6. The molecule has 0 aliphatic heterocycles. The van der Waals surface area contributed by atoms with Crippen LogP contribution in [0.3, 0.4) is 0 Å². The van der Waals surface area contributed by atoms with Gasteiger partial charge in [0.25, 0.3) is 5.91 Å². The molecule has 2 aromatic rings. The normalized spacial score (nSPS) is 10.5. The molecule has 0 saturated heterocycles. The molecule has 6 nitrogen and oxygen atoms in total. The summed E-state index contributed by atoms with van der Waals surface area (Å²) in [6.07, 6.45) is 3.12. The highest BCUT2D eigenvalue weighted by molar-refractivity contribution is 6.35. The van der Waals surface area contributed by atoms with Gasteiger partial charge in [0.2, 0.25) is 0 Å². The molecule has 0 fully saturated rings. The van der Waals surface area contributed by atoms with Crippen LogP contribution in [0.1, 0.15) is 5.56 Å². The molecule has 0 spiro atoms. The third kappa shape index (κ3) is 6.51. The summed E-state index contributed by atoms with van der Waals surface area (Å²) in [6.45, 7) is 3.73. The Morgan fingerprint density at radius 2 is 1.93 bits per heavy atom. The first kappa shape index (κ1) is 20.6. The third-order valence-corrected chi connectivity index (χ3v) is 3.73. The summed E-state index contributed by atoms with van der Waals surface area (Å²) in [7, 11) is 1.54. The van der Waals surface area contributed by atoms with E-state index in [1.165, 1.54) is 19.4 Å². The van der Waals surface area contributed by atoms with Gasteiger partial charge in [0.05, 0.1) is 18.3 Å². The monoisotopic (exact) mass is 408 g/mol. The molecule has 0 aliphatic carbocycles. The molecule has 0 aliphatic rings. The highest BCUT2D eigenvalue weighted by atomic mass is 35.5. The topological polar surface area (TPSA) is 69.2 Å². The summed E-state index contributed by atoms with van der Waals surface area (Å²) in [4.78, 5) is 11.8. The Hall–Kier alpha value is -2.70. The van der Waals surface area contributed by atoms with Crippen molar-refractivity contribution in [2.45, 2.75) is 0 Å². The maximum absolute atomic E-state index is 11.8. The van der Waals surface area contributed by atoms with Crippen molar-refractivity contribution in [1.29, 1.82) is 0 Å². The minimum Gasteiger partial charge on any atom is -0.493 e. The molecule has 0 bridgehead atoms. The zero-order valence-corrected chi connectivity index (χ0v) is 16.1. The van der Waals surface area contributed by atoms with Crippen molar-refractivity contribution in [1.82, 2.24) is 5.43 Å². The van der Waals surface area contributed by atoms with E-state index in [0.717, 1.165) is 5.56 Å². The summed E-state index contributed by atoms with van der Waals surface area (Å²) in [5, 5.41) is 4.69. The maximum Gasteiger partial charge on any atom is 0.277 e. The number of carbonyl (C=O) groups excluding carboxylic acids is 1. The van der Waals surface area contributed by atoms with Crippen LogP contribution < -0.4 is 19.6 Å². The molecule has 0 unspecified atom stereocenters. The summed E-state index contributed by atoms with van der Waals surface area (Å²) in [5.41, 5.74) is 3.09. The van der Waals surface area contributed by atoms with Gasteiger partial charge in [-0.3, -0.25) is 4.79 Å². The molecule has 1 N–H and O–H groups in total. The summed E-state index contributed by atoms with van der Waals surface area (Å²) in [6, 6.07) is 10.00. The number of ether oxygens (including phenoxy) is 3. The smallest absolute Gasteiger partial charge is 0.277 e. The van der Waals surface area contributed by atoms with E-state index >= 15 is 0 Å². The van der Waals surface area contributed by atoms with Crippen molar-refractivity contribution >= 4 is 35.3 Å². The number of amides is 1. The molecule has 0 saturated carbocycles. The fraction of sp³-hybridized carbons (Fsp3) is 0.158. The lowest BCUT2D eigenvalue weighted by Gasteiger charge is -2.09. The highest BCUT2D eigenvalue weighted by Gasteiger charge is 2.07. The SMILES string of the molecule is C=CCOc1ccc(/C=N\NC(=O)COc2ccc(Cl)cc2Cl)cc1OC. The Morgan fingerprint density at radius 1 is 1.15 bits per heavy atom. The molecule has 0 heterocycles. The lowest BCUT2D eigenvalue weighted by Crippen LogP contribution is -2.24. The maximum atomic E-state index is 11.8. The van der Waals surface area contributed by atoms with Gasteiger partial charge in [-0.1, -0.05) is 35.9 Å². The number of hydrogen-bond acceptors (Lipinski definition) is 5. The largest absolute Gasteiger partial charge is 0.493 e. The van der Waals surface area contributed by atoms with Crippen LogP contribution in [0.5, 0.6) is 17.2 Å². The van der Waals surface area contributed by atoms with Gasteiger partial charge in [-0.15, -0.1) is 0 Å². The number of hydrogen-bond donors (Lipinski definition) is 1. The second kappa shape index (κ2) is 10.4. The third-order valence-electron chi connectivity index (χ3n) is 3.20. The lowest BCUT2D eigenvalue weighted by molar-refractivity contribution is -0.123. The average molecular weight is 409 g/mol. The fourth-order valence-electron chi connectivity index (χ4n) is 1.98. The number of halogens is 2. The van der Waals surface area contributed by atoms with Crippen molar-refractivity contribution in [3.05, 3.63) is 64.7 Å². The van der Waals surface area contributed by atoms with E-state index in [1.807, 2.05) is 0 Å². The number of nitrogens with one attached hydrogen (secondary N) is 1. The van der Waals surface area contributed by atoms with Crippen LogP contribution in [0.25, 0.3) is 0 Å². The van der Waals surface area contributed by atoms with E-state index < -0.39 is 5.91 Å². The van der Waals surface area contributed by atoms with E-state index in [-0.39, 0.29) is 6.61 Å². The molecule has 1 amide bonds. The summed E-state index contributed by atoms with van der Waals surface area (Å²) < 4.78 is 16.1. The van der Waals surface area contributed by atoms with Crippen LogP contribution in [0.15, 0.2) is 54.2 Å². The number of carbonyl (C=O) groups is 1. The Balaban J connectivity index is 1.88. The molecule has 142 valence electrons. The molecular weight excluding hydrogens is 391 g/mol. The quantitative estimate of drug-likeness (QED) is 0.385. The number of hydrazone groups is 1. The first-order valence-corrected chi connectivity index (χ1v) is 8.60. The first-order chi connectivity index (χ1) is 13.0. The number of methoxy groups -OCH3 is 1. The molecule has 0 aromatic heterocycles. The Kier molecular flexibility index (Phi) is 7.98. The van der Waals surface area contributed by atoms with Crippen LogP contribution in [0, 0.1) is 0 Å². The lowest BCUT2D eigenvalue weighted by atomic mass is 10.2. The van der Waals surface area contributed by atoms with E-state index in [9.17, 15) is 4.79 Å². The summed E-state index contributed by atoms with van der Waals surface area (Å²) in [5.74, 6) is 1.06. The van der Waals surface area contributed by atoms with Gasteiger partial charge in [0.1, 0.15) is 12.4 Å². The molecule has 0 radical (unpaired) electrons. The number of rotatable bonds is 9. The minimum absolute atomic E-state index is 0.240. The zero-order valence-electron chi connectivity index (χ0n) is 14.6. The Morgan fingerprint density at radius 3 is 2.63 bits per heavy atom. The summed E-state index contributed by atoms with van der Waals surface area (Å²) >= 11 is 11.8. The van der Waals surface area contributed by atoms with Crippen molar-refractivity contribution < 1.29 is 19.0 Å².